The number of aryl methyl sites for hydroxylation is 1. The molecular weight excluding hydrogens is 376 g/mol. The number of amides is 1. The quantitative estimate of drug-likeness (QED) is 0.658. The van der Waals surface area contributed by atoms with E-state index in [0.29, 0.717) is 18.8 Å². The van der Waals surface area contributed by atoms with Crippen LogP contribution in [0.2, 0.25) is 0 Å². The summed E-state index contributed by atoms with van der Waals surface area (Å²) in [6, 6.07) is 22.6. The van der Waals surface area contributed by atoms with E-state index in [1.165, 1.54) is 28.1 Å². The van der Waals surface area contributed by atoms with E-state index >= 15 is 0 Å². The summed E-state index contributed by atoms with van der Waals surface area (Å²) >= 11 is 0. The number of carbonyl (C=O) groups is 1. The fraction of sp³-hybridized carbons (Fsp3) is 0.292. The van der Waals surface area contributed by atoms with Gasteiger partial charge in [0.05, 0.1) is 12.4 Å². The molecule has 6 nitrogen and oxygen atoms in total. The smallest absolute Gasteiger partial charge is 0.253 e. The Kier molecular flexibility index (Phi) is 6.05. The molecule has 1 aliphatic heterocycles. The van der Waals surface area contributed by atoms with Crippen molar-refractivity contribution < 1.29 is 4.79 Å². The van der Waals surface area contributed by atoms with E-state index in [0.717, 1.165) is 13.1 Å². The van der Waals surface area contributed by atoms with Crippen LogP contribution in [0.5, 0.6) is 0 Å². The molecule has 0 saturated carbocycles. The zero-order chi connectivity index (χ0) is 20.9. The summed E-state index contributed by atoms with van der Waals surface area (Å²) in [7, 11) is 0. The van der Waals surface area contributed by atoms with Gasteiger partial charge in [-0.15, -0.1) is 0 Å². The van der Waals surface area contributed by atoms with Crippen LogP contribution in [-0.2, 0) is 11.3 Å². The van der Waals surface area contributed by atoms with Gasteiger partial charge in [0.15, 0.2) is 0 Å². The highest BCUT2D eigenvalue weighted by molar-refractivity contribution is 5.76. The van der Waals surface area contributed by atoms with E-state index in [4.69, 9.17) is 0 Å². The van der Waals surface area contributed by atoms with Gasteiger partial charge in [0.1, 0.15) is 6.54 Å². The Bertz CT molecular complexity index is 1000. The molecule has 0 atom stereocenters. The molecule has 0 radical (unpaired) electrons. The van der Waals surface area contributed by atoms with Gasteiger partial charge in [-0.05, 0) is 18.1 Å². The van der Waals surface area contributed by atoms with Gasteiger partial charge in [0.2, 0.25) is 5.91 Å². The Morgan fingerprint density at radius 2 is 1.50 bits per heavy atom. The second-order valence-electron chi connectivity index (χ2n) is 7.64. The van der Waals surface area contributed by atoms with Crippen LogP contribution in [0.3, 0.4) is 0 Å². The third kappa shape index (κ3) is 4.49. The molecule has 2 heterocycles. The Morgan fingerprint density at radius 3 is 2.03 bits per heavy atom. The molecule has 0 N–H and O–H groups in total. The predicted octanol–water partition coefficient (Wildman–Crippen LogP) is 2.49. The van der Waals surface area contributed by atoms with Crippen LogP contribution in [-0.4, -0.2) is 51.4 Å². The molecule has 6 heteroatoms. The number of hydrogen-bond acceptors (Lipinski definition) is 4. The van der Waals surface area contributed by atoms with Crippen molar-refractivity contribution in [3.8, 4) is 0 Å². The predicted molar refractivity (Wildman–Crippen MR) is 116 cm³/mol. The van der Waals surface area contributed by atoms with Crippen LogP contribution < -0.4 is 5.56 Å². The first-order valence-corrected chi connectivity index (χ1v) is 10.3. The van der Waals surface area contributed by atoms with E-state index in [2.05, 4.69) is 58.4 Å². The molecular formula is C24H26N4O2. The monoisotopic (exact) mass is 402 g/mol. The summed E-state index contributed by atoms with van der Waals surface area (Å²) in [4.78, 5) is 33.2. The number of nitrogens with zero attached hydrogens (tertiary/aromatic N) is 4. The number of benzene rings is 2. The van der Waals surface area contributed by atoms with Gasteiger partial charge in [-0.3, -0.25) is 19.1 Å². The minimum Gasteiger partial charge on any atom is -0.339 e. The molecule has 0 aliphatic carbocycles. The molecule has 1 aromatic heterocycles. The van der Waals surface area contributed by atoms with Crippen LogP contribution >= 0.6 is 0 Å². The van der Waals surface area contributed by atoms with Crippen molar-refractivity contribution in [3.63, 3.8) is 0 Å². The fourth-order valence-electron chi connectivity index (χ4n) is 4.00. The van der Waals surface area contributed by atoms with E-state index in [1.807, 2.05) is 17.0 Å². The van der Waals surface area contributed by atoms with E-state index in [-0.39, 0.29) is 24.1 Å². The molecule has 3 aromatic rings. The van der Waals surface area contributed by atoms with Crippen molar-refractivity contribution >= 4 is 5.91 Å². The maximum absolute atomic E-state index is 12.7. The number of aromatic nitrogens is 2. The van der Waals surface area contributed by atoms with Gasteiger partial charge >= 0.3 is 0 Å². The molecule has 0 spiro atoms. The highest BCUT2D eigenvalue weighted by Crippen LogP contribution is 2.29. The van der Waals surface area contributed by atoms with Gasteiger partial charge < -0.3 is 4.90 Å². The molecule has 1 amide bonds. The van der Waals surface area contributed by atoms with Crippen molar-refractivity contribution in [2.75, 3.05) is 26.2 Å². The molecule has 154 valence electrons. The normalized spacial score (nSPS) is 14.8. The zero-order valence-corrected chi connectivity index (χ0v) is 17.1. The van der Waals surface area contributed by atoms with Crippen LogP contribution in [0.25, 0.3) is 0 Å². The van der Waals surface area contributed by atoms with Gasteiger partial charge in [-0.25, -0.2) is 4.98 Å². The Balaban J connectivity index is 1.45. The first-order valence-electron chi connectivity index (χ1n) is 10.3. The Morgan fingerprint density at radius 1 is 0.933 bits per heavy atom. The lowest BCUT2D eigenvalue weighted by atomic mass is 9.96. The minimum absolute atomic E-state index is 0.0346. The van der Waals surface area contributed by atoms with Crippen LogP contribution in [0, 0.1) is 6.92 Å². The summed E-state index contributed by atoms with van der Waals surface area (Å²) in [6.07, 6.45) is 1.45. The van der Waals surface area contributed by atoms with E-state index in [9.17, 15) is 9.59 Å². The van der Waals surface area contributed by atoms with Crippen LogP contribution in [0.1, 0.15) is 22.9 Å². The van der Waals surface area contributed by atoms with Gasteiger partial charge in [-0.2, -0.15) is 0 Å². The van der Waals surface area contributed by atoms with Crippen LogP contribution in [0.15, 0.2) is 77.9 Å². The zero-order valence-electron chi connectivity index (χ0n) is 17.1. The average Bonchev–Trinajstić information content (AvgIpc) is 2.78. The molecule has 1 saturated heterocycles. The van der Waals surface area contributed by atoms with Crippen molar-refractivity contribution in [3.05, 3.63) is 100 Å². The Hall–Kier alpha value is -3.25. The summed E-state index contributed by atoms with van der Waals surface area (Å²) in [5, 5.41) is 0. The maximum atomic E-state index is 12.7. The summed E-state index contributed by atoms with van der Waals surface area (Å²) in [6.45, 7) is 4.64. The lowest BCUT2D eigenvalue weighted by Gasteiger charge is -2.39. The SMILES string of the molecule is Cc1cc(=O)n(CC(=O)N2CCN(C(c3ccccc3)c3ccccc3)CC2)cn1. The lowest BCUT2D eigenvalue weighted by molar-refractivity contribution is -0.133. The molecule has 4 rings (SSSR count). The third-order valence-corrected chi connectivity index (χ3v) is 5.58. The average molecular weight is 402 g/mol. The summed E-state index contributed by atoms with van der Waals surface area (Å²) < 4.78 is 1.37. The number of rotatable bonds is 5. The van der Waals surface area contributed by atoms with Crippen molar-refractivity contribution in [2.24, 2.45) is 0 Å². The van der Waals surface area contributed by atoms with Crippen molar-refractivity contribution in [2.45, 2.75) is 19.5 Å². The second kappa shape index (κ2) is 9.05. The van der Waals surface area contributed by atoms with E-state index in [1.54, 1.807) is 6.92 Å². The van der Waals surface area contributed by atoms with E-state index < -0.39 is 0 Å². The first kappa shape index (κ1) is 20.0. The van der Waals surface area contributed by atoms with Gasteiger partial charge in [-0.1, -0.05) is 60.7 Å². The summed E-state index contributed by atoms with van der Waals surface area (Å²) in [5.74, 6) is -0.0432. The molecule has 1 fully saturated rings. The standard InChI is InChI=1S/C24H26N4O2/c1-19-16-22(29)28(18-25-19)17-23(30)26-12-14-27(15-13-26)24(20-8-4-2-5-9-20)21-10-6-3-7-11-21/h2-11,16,18,24H,12-15,17H2,1H3. The van der Waals surface area contributed by atoms with Gasteiger partial charge in [0.25, 0.3) is 5.56 Å². The molecule has 1 aliphatic rings. The highest BCUT2D eigenvalue weighted by Gasteiger charge is 2.28. The highest BCUT2D eigenvalue weighted by atomic mass is 16.2. The van der Waals surface area contributed by atoms with Crippen molar-refractivity contribution in [1.29, 1.82) is 0 Å². The number of carbonyl (C=O) groups excluding carboxylic acids is 1. The van der Waals surface area contributed by atoms with Gasteiger partial charge in [0, 0.05) is 37.9 Å². The van der Waals surface area contributed by atoms with Crippen molar-refractivity contribution in [1.82, 2.24) is 19.4 Å². The lowest BCUT2D eigenvalue weighted by Crippen LogP contribution is -2.51. The first-order chi connectivity index (χ1) is 14.6. The maximum Gasteiger partial charge on any atom is 0.253 e. The number of piperazine rings is 1. The summed E-state index contributed by atoms with van der Waals surface area (Å²) in [5.41, 5.74) is 2.97. The van der Waals surface area contributed by atoms with Crippen LogP contribution in [0.4, 0.5) is 0 Å². The Labute approximate surface area is 176 Å². The largest absolute Gasteiger partial charge is 0.339 e. The topological polar surface area (TPSA) is 58.4 Å². The molecule has 0 bridgehead atoms. The molecule has 0 unspecified atom stereocenters. The molecule has 30 heavy (non-hydrogen) atoms. The number of hydrogen-bond donors (Lipinski definition) is 0. The third-order valence-electron chi connectivity index (χ3n) is 5.58. The fourth-order valence-corrected chi connectivity index (χ4v) is 4.00. The second-order valence-corrected chi connectivity index (χ2v) is 7.64. The molecule has 2 aromatic carbocycles. The minimum atomic E-state index is -0.192.